The fourth-order valence-corrected chi connectivity index (χ4v) is 3.56. The second-order valence-corrected chi connectivity index (χ2v) is 6.68. The van der Waals surface area contributed by atoms with Gasteiger partial charge >= 0.3 is 0 Å². The van der Waals surface area contributed by atoms with E-state index >= 15 is 0 Å². The molecule has 0 unspecified atom stereocenters. The summed E-state index contributed by atoms with van der Waals surface area (Å²) >= 11 is 0. The lowest BCUT2D eigenvalue weighted by atomic mass is 10.1. The van der Waals surface area contributed by atoms with Crippen LogP contribution in [0, 0.1) is 6.92 Å². The molecule has 24 heavy (non-hydrogen) atoms. The largest absolute Gasteiger partial charge is 0.366 e. The summed E-state index contributed by atoms with van der Waals surface area (Å²) in [6.45, 7) is 8.35. The van der Waals surface area contributed by atoms with Crippen LogP contribution in [0.5, 0.6) is 0 Å². The molecular formula is C19H23N5. The maximum atomic E-state index is 4.31. The Bertz CT molecular complexity index is 840. The second kappa shape index (κ2) is 6.24. The third-order valence-corrected chi connectivity index (χ3v) is 4.80. The number of hydrogen-bond acceptors (Lipinski definition) is 4. The van der Waals surface area contributed by atoms with Gasteiger partial charge in [-0.15, -0.1) is 5.10 Å². The monoisotopic (exact) mass is 321 g/mol. The van der Waals surface area contributed by atoms with E-state index in [1.165, 1.54) is 11.3 Å². The van der Waals surface area contributed by atoms with E-state index in [2.05, 4.69) is 64.3 Å². The molecule has 0 N–H and O–H groups in total. The first kappa shape index (κ1) is 15.1. The lowest BCUT2D eigenvalue weighted by molar-refractivity contribution is 0.176. The fraction of sp³-hybridized carbons (Fsp3) is 0.368. The van der Waals surface area contributed by atoms with Crippen molar-refractivity contribution < 1.29 is 0 Å². The van der Waals surface area contributed by atoms with Crippen molar-refractivity contribution in [3.8, 4) is 0 Å². The number of para-hydroxylation sites is 1. The van der Waals surface area contributed by atoms with Crippen LogP contribution >= 0.6 is 0 Å². The van der Waals surface area contributed by atoms with E-state index in [4.69, 9.17) is 0 Å². The van der Waals surface area contributed by atoms with Crippen LogP contribution in [0.25, 0.3) is 11.0 Å². The quantitative estimate of drug-likeness (QED) is 0.743. The van der Waals surface area contributed by atoms with Gasteiger partial charge in [0.1, 0.15) is 5.52 Å². The van der Waals surface area contributed by atoms with Gasteiger partial charge in [0.05, 0.1) is 12.2 Å². The van der Waals surface area contributed by atoms with Crippen molar-refractivity contribution in [1.29, 1.82) is 0 Å². The average Bonchev–Trinajstić information content (AvgIpc) is 2.98. The number of rotatable bonds is 3. The zero-order chi connectivity index (χ0) is 16.5. The second-order valence-electron chi connectivity index (χ2n) is 6.68. The maximum Gasteiger partial charge on any atom is 0.113 e. The van der Waals surface area contributed by atoms with Gasteiger partial charge in [-0.25, -0.2) is 4.68 Å². The highest BCUT2D eigenvalue weighted by atomic mass is 15.5. The summed E-state index contributed by atoms with van der Waals surface area (Å²) in [5.74, 6) is 0. The van der Waals surface area contributed by atoms with Crippen molar-refractivity contribution >= 4 is 16.7 Å². The zero-order valence-electron chi connectivity index (χ0n) is 14.3. The van der Waals surface area contributed by atoms with Crippen LogP contribution in [0.1, 0.15) is 12.5 Å². The minimum absolute atomic E-state index is 0.482. The Hall–Kier alpha value is -2.40. The van der Waals surface area contributed by atoms with Gasteiger partial charge in [0.25, 0.3) is 0 Å². The molecular weight excluding hydrogens is 298 g/mol. The molecule has 1 fully saturated rings. The van der Waals surface area contributed by atoms with Crippen molar-refractivity contribution in [3.05, 3.63) is 54.1 Å². The molecule has 5 nitrogen and oxygen atoms in total. The molecule has 1 atom stereocenters. The molecule has 0 saturated carbocycles. The summed E-state index contributed by atoms with van der Waals surface area (Å²) in [5, 5.41) is 8.57. The summed E-state index contributed by atoms with van der Waals surface area (Å²) in [6, 6.07) is 17.4. The normalized spacial score (nSPS) is 19.1. The molecule has 0 aliphatic carbocycles. The Morgan fingerprint density at radius 1 is 1.08 bits per heavy atom. The molecule has 0 spiro atoms. The molecule has 1 aromatic heterocycles. The fourth-order valence-electron chi connectivity index (χ4n) is 3.56. The molecule has 0 bridgehead atoms. The van der Waals surface area contributed by atoms with E-state index in [0.717, 1.165) is 37.3 Å². The van der Waals surface area contributed by atoms with Crippen LogP contribution < -0.4 is 4.90 Å². The first-order valence-electron chi connectivity index (χ1n) is 8.54. The third kappa shape index (κ3) is 2.87. The summed E-state index contributed by atoms with van der Waals surface area (Å²) < 4.78 is 2.00. The minimum Gasteiger partial charge on any atom is -0.366 e. The van der Waals surface area contributed by atoms with Gasteiger partial charge < -0.3 is 4.90 Å². The average molecular weight is 321 g/mol. The van der Waals surface area contributed by atoms with E-state index in [9.17, 15) is 0 Å². The van der Waals surface area contributed by atoms with Crippen LogP contribution in [-0.4, -0.2) is 45.6 Å². The molecule has 0 amide bonds. The van der Waals surface area contributed by atoms with Gasteiger partial charge in [0.2, 0.25) is 0 Å². The van der Waals surface area contributed by atoms with Crippen LogP contribution in [0.4, 0.5) is 5.69 Å². The van der Waals surface area contributed by atoms with E-state index < -0.39 is 0 Å². The van der Waals surface area contributed by atoms with Crippen LogP contribution in [-0.2, 0) is 6.67 Å². The van der Waals surface area contributed by atoms with E-state index in [0.29, 0.717) is 6.04 Å². The van der Waals surface area contributed by atoms with Gasteiger partial charge in [-0.05, 0) is 43.7 Å². The molecule has 2 aromatic carbocycles. The highest BCUT2D eigenvalue weighted by Crippen LogP contribution is 2.22. The number of anilines is 1. The SMILES string of the molecule is Cc1cccc(N2CCN(Cn3nnc4ccccc43)C[C@@H]2C)c1. The number of benzene rings is 2. The molecule has 4 rings (SSSR count). The third-order valence-electron chi connectivity index (χ3n) is 4.80. The highest BCUT2D eigenvalue weighted by molar-refractivity contribution is 5.73. The maximum absolute atomic E-state index is 4.31. The lowest BCUT2D eigenvalue weighted by Gasteiger charge is -2.41. The number of hydrogen-bond donors (Lipinski definition) is 0. The van der Waals surface area contributed by atoms with Gasteiger partial charge in [-0.2, -0.15) is 0 Å². The summed E-state index contributed by atoms with van der Waals surface area (Å²) in [7, 11) is 0. The van der Waals surface area contributed by atoms with Gasteiger partial charge in [-0.1, -0.05) is 29.5 Å². The molecule has 124 valence electrons. The molecule has 2 heterocycles. The predicted molar refractivity (Wildman–Crippen MR) is 97.1 cm³/mol. The van der Waals surface area contributed by atoms with E-state index in [1.54, 1.807) is 0 Å². The Balaban J connectivity index is 1.47. The smallest absolute Gasteiger partial charge is 0.113 e. The van der Waals surface area contributed by atoms with Crippen molar-refractivity contribution in [3.63, 3.8) is 0 Å². The predicted octanol–water partition coefficient (Wildman–Crippen LogP) is 2.91. The molecule has 5 heteroatoms. The van der Waals surface area contributed by atoms with Gasteiger partial charge in [-0.3, -0.25) is 4.90 Å². The van der Waals surface area contributed by atoms with Crippen molar-refractivity contribution in [2.24, 2.45) is 0 Å². The lowest BCUT2D eigenvalue weighted by Crippen LogP contribution is -2.52. The number of piperazine rings is 1. The first-order valence-corrected chi connectivity index (χ1v) is 8.54. The minimum atomic E-state index is 0.482. The first-order chi connectivity index (χ1) is 11.7. The molecule has 3 aromatic rings. The van der Waals surface area contributed by atoms with Gasteiger partial charge in [0, 0.05) is 31.4 Å². The summed E-state index contributed by atoms with van der Waals surface area (Å²) in [6.07, 6.45) is 0. The Morgan fingerprint density at radius 2 is 1.96 bits per heavy atom. The topological polar surface area (TPSA) is 37.2 Å². The number of fused-ring (bicyclic) bond motifs is 1. The Morgan fingerprint density at radius 3 is 2.79 bits per heavy atom. The van der Waals surface area contributed by atoms with Crippen molar-refractivity contribution in [1.82, 2.24) is 19.9 Å². The molecule has 1 saturated heterocycles. The van der Waals surface area contributed by atoms with Crippen LogP contribution in [0.15, 0.2) is 48.5 Å². The van der Waals surface area contributed by atoms with Crippen molar-refractivity contribution in [2.75, 3.05) is 24.5 Å². The molecule has 1 aliphatic rings. The van der Waals surface area contributed by atoms with Crippen LogP contribution in [0.3, 0.4) is 0 Å². The summed E-state index contributed by atoms with van der Waals surface area (Å²) in [4.78, 5) is 4.96. The van der Waals surface area contributed by atoms with E-state index in [1.807, 2.05) is 22.9 Å². The van der Waals surface area contributed by atoms with E-state index in [-0.39, 0.29) is 0 Å². The number of aryl methyl sites for hydroxylation is 1. The zero-order valence-corrected chi connectivity index (χ0v) is 14.3. The number of aromatic nitrogens is 3. The summed E-state index contributed by atoms with van der Waals surface area (Å²) in [5.41, 5.74) is 4.71. The number of nitrogens with zero attached hydrogens (tertiary/aromatic N) is 5. The molecule has 0 radical (unpaired) electrons. The van der Waals surface area contributed by atoms with Crippen molar-refractivity contribution in [2.45, 2.75) is 26.6 Å². The van der Waals surface area contributed by atoms with Crippen LogP contribution in [0.2, 0.25) is 0 Å². The highest BCUT2D eigenvalue weighted by Gasteiger charge is 2.24. The molecule has 1 aliphatic heterocycles. The standard InChI is InChI=1S/C19H23N5/c1-15-6-5-7-17(12-15)23-11-10-22(13-16(23)2)14-24-19-9-4-3-8-18(19)20-21-24/h3-9,12,16H,10-11,13-14H2,1-2H3/t16-/m0/s1. The Labute approximate surface area is 142 Å². The van der Waals surface area contributed by atoms with Gasteiger partial charge in [0.15, 0.2) is 0 Å². The Kier molecular flexibility index (Phi) is 3.94.